The third kappa shape index (κ3) is 93.4. The minimum atomic E-state index is 0. The summed E-state index contributed by atoms with van der Waals surface area (Å²) < 4.78 is 0. The zero-order valence-electron chi connectivity index (χ0n) is 11.8. The molecule has 1 rings (SSSR count). The van der Waals surface area contributed by atoms with E-state index in [0.717, 1.165) is 27.8 Å². The summed E-state index contributed by atoms with van der Waals surface area (Å²) in [6, 6.07) is 0. The minimum Gasteiger partial charge on any atom is -0.400 e. The first-order valence-electron chi connectivity index (χ1n) is 3.06. The summed E-state index contributed by atoms with van der Waals surface area (Å²) in [6.07, 6.45) is 10.0. The molecule has 0 atom stereocenters. The fourth-order valence-electron chi connectivity index (χ4n) is 0.340. The van der Waals surface area contributed by atoms with Gasteiger partial charge in [0.1, 0.15) is 0 Å². The molecular weight excluding hydrogens is 240 g/mol. The summed E-state index contributed by atoms with van der Waals surface area (Å²) in [6.45, 7) is 0. The van der Waals surface area contributed by atoms with Crippen LogP contribution in [0.4, 0.5) is 0 Å². The number of aliphatic hydroxyl groups excluding tert-OH is 3. The molecule has 16 heavy (non-hydrogen) atoms. The zero-order chi connectivity index (χ0) is 9.54. The molecule has 0 aliphatic heterocycles. The molecule has 1 aliphatic carbocycles. The predicted molar refractivity (Wildman–Crippen MR) is 71.7 cm³/mol. The largest absolute Gasteiger partial charge is 0.400 e. The molecule has 0 amide bonds. The number of allylic oxidation sites excluding steroid dienone is 4. The van der Waals surface area contributed by atoms with E-state index >= 15 is 0 Å². The van der Waals surface area contributed by atoms with E-state index in [-0.39, 0.29) is 51.4 Å². The Morgan fingerprint density at radius 3 is 1.19 bits per heavy atom. The smallest absolute Gasteiger partial charge is 0.0319 e. The van der Waals surface area contributed by atoms with E-state index in [2.05, 4.69) is 12.2 Å². The third-order valence-electron chi connectivity index (χ3n) is 0.586. The maximum atomic E-state index is 7.00. The van der Waals surface area contributed by atoms with E-state index in [0.29, 0.717) is 0 Å². The van der Waals surface area contributed by atoms with Gasteiger partial charge >= 0.3 is 0 Å². The van der Waals surface area contributed by atoms with Gasteiger partial charge in [-0.3, -0.25) is 6.08 Å². The van der Waals surface area contributed by atoms with Crippen molar-refractivity contribution in [3.05, 3.63) is 54.0 Å². The van der Waals surface area contributed by atoms with Gasteiger partial charge in [0, 0.05) is 43.0 Å². The van der Waals surface area contributed by atoms with E-state index in [9.17, 15) is 0 Å². The number of rotatable bonds is 0. The Labute approximate surface area is 119 Å². The first kappa shape index (κ1) is 56.0. The number of hydrogen-bond acceptors (Lipinski definition) is 3. The van der Waals surface area contributed by atoms with Gasteiger partial charge in [0.25, 0.3) is 0 Å². The van der Waals surface area contributed by atoms with Gasteiger partial charge in [-0.1, -0.05) is 0 Å². The fourth-order valence-corrected chi connectivity index (χ4v) is 0.340. The summed E-state index contributed by atoms with van der Waals surface area (Å²) in [5.74, 6) is 0. The van der Waals surface area contributed by atoms with Crippen molar-refractivity contribution in [1.29, 1.82) is 0 Å². The van der Waals surface area contributed by atoms with Crippen LogP contribution in [0.3, 0.4) is 0 Å². The van der Waals surface area contributed by atoms with Crippen molar-refractivity contribution in [2.45, 2.75) is 6.42 Å². The predicted octanol–water partition coefficient (Wildman–Crippen LogP) is 1.93. The van der Waals surface area contributed by atoms with E-state index in [1.807, 2.05) is 12.2 Å². The van der Waals surface area contributed by atoms with Crippen molar-refractivity contribution < 1.29 is 37.0 Å². The van der Waals surface area contributed by atoms with E-state index in [1.54, 1.807) is 0 Å². The maximum absolute atomic E-state index is 7.00. The van der Waals surface area contributed by atoms with Gasteiger partial charge in [-0.25, -0.2) is 12.2 Å². The summed E-state index contributed by atoms with van der Waals surface area (Å²) in [7, 11) is 3.00. The van der Waals surface area contributed by atoms with E-state index in [4.69, 9.17) is 15.3 Å². The van der Waals surface area contributed by atoms with Gasteiger partial charge in [0.15, 0.2) is 0 Å². The Balaban J connectivity index is -0.00000000892. The monoisotopic (exact) mass is 269 g/mol. The van der Waals surface area contributed by atoms with Gasteiger partial charge in [0.2, 0.25) is 0 Å². The van der Waals surface area contributed by atoms with E-state index in [1.165, 1.54) is 0 Å². The van der Waals surface area contributed by atoms with Gasteiger partial charge < -0.3 is 45.0 Å². The van der Waals surface area contributed by atoms with Crippen LogP contribution in [0.5, 0.6) is 0 Å². The van der Waals surface area contributed by atoms with Gasteiger partial charge in [0.05, 0.1) is 0 Å². The molecule has 0 saturated carbocycles. The van der Waals surface area contributed by atoms with Crippen LogP contribution in [-0.2, 0) is 21.7 Å². The molecule has 0 unspecified atom stereocenters. The second-order valence-corrected chi connectivity index (χ2v) is 1.00. The summed E-state index contributed by atoms with van der Waals surface area (Å²) in [4.78, 5) is 0. The van der Waals surface area contributed by atoms with Crippen molar-refractivity contribution >= 4 is 0 Å². The summed E-state index contributed by atoms with van der Waals surface area (Å²) in [5.41, 5.74) is 0. The topological polar surface area (TPSA) is 60.7 Å². The van der Waals surface area contributed by atoms with Gasteiger partial charge in [-0.2, -0.15) is 6.08 Å². The molecule has 0 heterocycles. The maximum Gasteiger partial charge on any atom is 0.0319 e. The van der Waals surface area contributed by atoms with Crippen LogP contribution in [0, 0.1) is 35.8 Å². The summed E-state index contributed by atoms with van der Waals surface area (Å²) >= 11 is 0. The summed E-state index contributed by atoms with van der Waals surface area (Å²) in [5, 5.41) is 21.0. The van der Waals surface area contributed by atoms with Crippen LogP contribution in [-0.4, -0.2) is 36.6 Å². The van der Waals surface area contributed by atoms with Crippen LogP contribution < -0.4 is 0 Å². The Bertz CT molecular complexity index is 74.3. The first-order chi connectivity index (χ1) is 5.50. The molecule has 4 heteroatoms. The molecule has 0 spiro atoms. The molecule has 0 radical (unpaired) electrons. The van der Waals surface area contributed by atoms with Crippen LogP contribution >= 0.6 is 0 Å². The molecule has 104 valence electrons. The second kappa shape index (κ2) is 116. The van der Waals surface area contributed by atoms with Crippen LogP contribution in [0.2, 0.25) is 0 Å². The minimum absolute atomic E-state index is 0. The molecule has 0 aromatic rings. The van der Waals surface area contributed by atoms with Crippen molar-refractivity contribution in [2.24, 2.45) is 0 Å². The quantitative estimate of drug-likeness (QED) is 0.465. The molecule has 3 N–H and O–H groups in total. The SMILES string of the molecule is CO.CO.CO.[C-]1=CC=CC1.[CH3-].[CH3-].[CH3-].[CH3-].[Ti]. The molecule has 0 saturated heterocycles. The third-order valence-corrected chi connectivity index (χ3v) is 0.586. The second-order valence-electron chi connectivity index (χ2n) is 1.00. The molecule has 0 bridgehead atoms. The first-order valence-corrected chi connectivity index (χ1v) is 3.06. The van der Waals surface area contributed by atoms with Gasteiger partial charge in [-0.05, 0) is 0 Å². The van der Waals surface area contributed by atoms with Crippen LogP contribution in [0.15, 0.2) is 18.2 Å². The Hall–Kier alpha value is 0.0743. The number of aliphatic hydroxyl groups is 3. The molecule has 0 aromatic heterocycles. The van der Waals surface area contributed by atoms with Gasteiger partial charge in [-0.15, -0.1) is 6.42 Å². The van der Waals surface area contributed by atoms with Crippen LogP contribution in [0.25, 0.3) is 0 Å². The zero-order valence-corrected chi connectivity index (χ0v) is 13.3. The fraction of sp³-hybridized carbons (Fsp3) is 0.333. The average Bonchev–Trinajstić information content (AvgIpc) is 2.71. The normalized spacial score (nSPS) is 6.62. The Morgan fingerprint density at radius 2 is 1.12 bits per heavy atom. The molecular formula is C12H29O3Ti-5. The number of hydrogen-bond donors (Lipinski definition) is 3. The van der Waals surface area contributed by atoms with Crippen LogP contribution in [0.1, 0.15) is 6.42 Å². The molecule has 1 aliphatic rings. The Kier molecular flexibility index (Phi) is 406. The van der Waals surface area contributed by atoms with Crippen molar-refractivity contribution in [3.8, 4) is 0 Å². The van der Waals surface area contributed by atoms with Crippen molar-refractivity contribution in [1.82, 2.24) is 0 Å². The standard InChI is InChI=1S/C5H5.3CH4O.4CH3.Ti/c1-2-4-5-3-1;3*1-2;;;;;/h1-3H,4H2;3*2H,1H3;4*1H3;/q-1;;;;4*-1;. The average molecular weight is 269 g/mol. The van der Waals surface area contributed by atoms with Crippen molar-refractivity contribution in [3.63, 3.8) is 0 Å². The molecule has 3 nitrogen and oxygen atoms in total. The Morgan fingerprint density at radius 1 is 0.812 bits per heavy atom. The van der Waals surface area contributed by atoms with E-state index < -0.39 is 0 Å². The van der Waals surface area contributed by atoms with Crippen molar-refractivity contribution in [2.75, 3.05) is 21.3 Å². The molecule has 0 aromatic carbocycles. The molecule has 0 fully saturated rings.